The van der Waals surface area contributed by atoms with Gasteiger partial charge in [-0.05, 0) is 43.7 Å². The van der Waals surface area contributed by atoms with Gasteiger partial charge in [-0.25, -0.2) is 5.43 Å². The van der Waals surface area contributed by atoms with Gasteiger partial charge in [0.15, 0.2) is 0 Å². The summed E-state index contributed by atoms with van der Waals surface area (Å²) in [5, 5.41) is 4.66. The van der Waals surface area contributed by atoms with E-state index in [-0.39, 0.29) is 5.91 Å². The molecule has 96 valence electrons. The van der Waals surface area contributed by atoms with Crippen LogP contribution < -0.4 is 5.43 Å². The highest BCUT2D eigenvalue weighted by atomic mass is 35.5. The molecule has 4 heteroatoms. The summed E-state index contributed by atoms with van der Waals surface area (Å²) in [6.45, 7) is 2.21. The Morgan fingerprint density at radius 2 is 2.22 bits per heavy atom. The predicted molar refractivity (Wildman–Crippen MR) is 74.0 cm³/mol. The molecule has 1 saturated carbocycles. The minimum absolute atomic E-state index is 0.244. The number of amides is 1. The third-order valence-electron chi connectivity index (χ3n) is 3.18. The Labute approximate surface area is 112 Å². The number of hydrazone groups is 1. The van der Waals surface area contributed by atoms with Gasteiger partial charge >= 0.3 is 0 Å². The summed E-state index contributed by atoms with van der Waals surface area (Å²) in [4.78, 5) is 11.9. The zero-order chi connectivity index (χ0) is 13.0. The number of carbonyl (C=O) groups excluding carboxylic acids is 1. The van der Waals surface area contributed by atoms with Crippen molar-refractivity contribution in [3.8, 4) is 0 Å². The van der Waals surface area contributed by atoms with Crippen LogP contribution in [0.15, 0.2) is 29.4 Å². The van der Waals surface area contributed by atoms with Crippen LogP contribution in [0.25, 0.3) is 0 Å². The number of halogens is 1. The van der Waals surface area contributed by atoms with E-state index in [0.29, 0.717) is 16.5 Å². The molecular weight excluding hydrogens is 248 g/mol. The lowest BCUT2D eigenvalue weighted by Crippen LogP contribution is -2.22. The van der Waals surface area contributed by atoms with Gasteiger partial charge in [-0.1, -0.05) is 30.7 Å². The second-order valence-corrected chi connectivity index (χ2v) is 5.21. The molecule has 0 radical (unpaired) electrons. The molecule has 1 amide bonds. The minimum atomic E-state index is -0.244. The molecule has 1 aromatic carbocycles. The van der Waals surface area contributed by atoms with Crippen LogP contribution in [0, 0.1) is 5.92 Å². The molecule has 0 spiro atoms. The van der Waals surface area contributed by atoms with E-state index in [1.165, 1.54) is 6.42 Å². The summed E-state index contributed by atoms with van der Waals surface area (Å²) in [6, 6.07) is 6.98. The van der Waals surface area contributed by atoms with E-state index in [1.54, 1.807) is 24.3 Å². The van der Waals surface area contributed by atoms with Gasteiger partial charge in [-0.3, -0.25) is 4.79 Å². The molecular formula is C14H17ClN2O. The summed E-state index contributed by atoms with van der Waals surface area (Å²) in [7, 11) is 0. The smallest absolute Gasteiger partial charge is 0.267 e. The molecule has 18 heavy (non-hydrogen) atoms. The number of rotatable bonds is 2. The monoisotopic (exact) mass is 264 g/mol. The molecule has 1 aliphatic carbocycles. The first-order chi connectivity index (χ1) is 8.66. The van der Waals surface area contributed by atoms with Crippen molar-refractivity contribution >= 4 is 23.2 Å². The maximum Gasteiger partial charge on any atom is 0.272 e. The number of carbonyl (C=O) groups is 1. The van der Waals surface area contributed by atoms with Gasteiger partial charge in [0.2, 0.25) is 0 Å². The second kappa shape index (κ2) is 6.01. The fraction of sp³-hybridized carbons (Fsp3) is 0.429. The first-order valence-corrected chi connectivity index (χ1v) is 6.65. The highest BCUT2D eigenvalue weighted by molar-refractivity contribution is 6.33. The number of nitrogens with zero attached hydrogens (tertiary/aromatic N) is 1. The fourth-order valence-corrected chi connectivity index (χ4v) is 2.42. The van der Waals surface area contributed by atoms with E-state index in [4.69, 9.17) is 11.6 Å². The van der Waals surface area contributed by atoms with Gasteiger partial charge in [-0.2, -0.15) is 5.10 Å². The van der Waals surface area contributed by atoms with E-state index in [2.05, 4.69) is 17.5 Å². The van der Waals surface area contributed by atoms with E-state index in [1.807, 2.05) is 0 Å². The first kappa shape index (κ1) is 13.1. The molecule has 0 unspecified atom stereocenters. The first-order valence-electron chi connectivity index (χ1n) is 6.27. The summed E-state index contributed by atoms with van der Waals surface area (Å²) >= 11 is 5.95. The summed E-state index contributed by atoms with van der Waals surface area (Å²) < 4.78 is 0. The van der Waals surface area contributed by atoms with Gasteiger partial charge in [-0.15, -0.1) is 0 Å². The Kier molecular flexibility index (Phi) is 4.37. The van der Waals surface area contributed by atoms with Gasteiger partial charge in [0.25, 0.3) is 5.91 Å². The molecule has 0 aromatic heterocycles. The molecule has 0 heterocycles. The van der Waals surface area contributed by atoms with Crippen LogP contribution in [0.1, 0.15) is 43.0 Å². The van der Waals surface area contributed by atoms with Gasteiger partial charge in [0, 0.05) is 5.71 Å². The van der Waals surface area contributed by atoms with Crippen LogP contribution in [0.3, 0.4) is 0 Å². The second-order valence-electron chi connectivity index (χ2n) is 4.80. The lowest BCUT2D eigenvalue weighted by atomic mass is 9.89. The van der Waals surface area contributed by atoms with Crippen molar-refractivity contribution in [1.82, 2.24) is 5.43 Å². The van der Waals surface area contributed by atoms with Crippen LogP contribution in [-0.2, 0) is 0 Å². The Balaban J connectivity index is 2.00. The summed E-state index contributed by atoms with van der Waals surface area (Å²) in [6.07, 6.45) is 4.36. The summed E-state index contributed by atoms with van der Waals surface area (Å²) in [5.41, 5.74) is 4.14. The third-order valence-corrected chi connectivity index (χ3v) is 3.51. The summed E-state index contributed by atoms with van der Waals surface area (Å²) in [5.74, 6) is 0.418. The molecule has 3 nitrogen and oxygen atoms in total. The van der Waals surface area contributed by atoms with Gasteiger partial charge in [0.1, 0.15) is 0 Å². The molecule has 0 bridgehead atoms. The third kappa shape index (κ3) is 3.33. The normalized spacial score (nSPS) is 21.9. The number of hydrogen-bond acceptors (Lipinski definition) is 2. The molecule has 1 aliphatic rings. The van der Waals surface area contributed by atoms with Crippen molar-refractivity contribution in [2.45, 2.75) is 32.6 Å². The number of hydrogen-bond donors (Lipinski definition) is 1. The highest BCUT2D eigenvalue weighted by Gasteiger charge is 2.15. The van der Waals surface area contributed by atoms with Crippen LogP contribution in [-0.4, -0.2) is 11.6 Å². The van der Waals surface area contributed by atoms with E-state index in [9.17, 15) is 4.79 Å². The standard InChI is InChI=1S/C14H17ClN2O/c1-10-5-4-6-11(9-10)16-17-14(18)12-7-2-3-8-13(12)15/h2-3,7-8,10H,4-6,9H2,1H3,(H,17,18)/b16-11-/t10-/m1/s1. The Hall–Kier alpha value is -1.35. The van der Waals surface area contributed by atoms with Crippen molar-refractivity contribution in [3.05, 3.63) is 34.9 Å². The van der Waals surface area contributed by atoms with Crippen molar-refractivity contribution in [3.63, 3.8) is 0 Å². The maximum absolute atomic E-state index is 11.9. The highest BCUT2D eigenvalue weighted by Crippen LogP contribution is 2.21. The van der Waals surface area contributed by atoms with Crippen LogP contribution in [0.5, 0.6) is 0 Å². The van der Waals surface area contributed by atoms with E-state index < -0.39 is 0 Å². The Morgan fingerprint density at radius 3 is 2.94 bits per heavy atom. The largest absolute Gasteiger partial charge is 0.272 e. The zero-order valence-electron chi connectivity index (χ0n) is 10.4. The lowest BCUT2D eigenvalue weighted by molar-refractivity contribution is 0.0954. The van der Waals surface area contributed by atoms with Crippen molar-refractivity contribution < 1.29 is 4.79 Å². The van der Waals surface area contributed by atoms with Crippen LogP contribution in [0.2, 0.25) is 5.02 Å². The molecule has 1 atom stereocenters. The molecule has 1 fully saturated rings. The van der Waals surface area contributed by atoms with E-state index in [0.717, 1.165) is 25.0 Å². The van der Waals surface area contributed by atoms with Crippen LogP contribution >= 0.6 is 11.6 Å². The quantitative estimate of drug-likeness (QED) is 0.814. The van der Waals surface area contributed by atoms with Crippen molar-refractivity contribution in [1.29, 1.82) is 0 Å². The van der Waals surface area contributed by atoms with Gasteiger partial charge < -0.3 is 0 Å². The van der Waals surface area contributed by atoms with Crippen LogP contribution in [0.4, 0.5) is 0 Å². The fourth-order valence-electron chi connectivity index (χ4n) is 2.20. The van der Waals surface area contributed by atoms with Crippen molar-refractivity contribution in [2.75, 3.05) is 0 Å². The zero-order valence-corrected chi connectivity index (χ0v) is 11.2. The molecule has 1 N–H and O–H groups in total. The molecule has 0 saturated heterocycles. The maximum atomic E-state index is 11.9. The number of nitrogens with one attached hydrogen (secondary N) is 1. The molecule has 1 aromatic rings. The van der Waals surface area contributed by atoms with E-state index >= 15 is 0 Å². The Morgan fingerprint density at radius 1 is 1.44 bits per heavy atom. The van der Waals surface area contributed by atoms with Gasteiger partial charge in [0.05, 0.1) is 10.6 Å². The predicted octanol–water partition coefficient (Wildman–Crippen LogP) is 3.64. The lowest BCUT2D eigenvalue weighted by Gasteiger charge is -2.18. The SMILES string of the molecule is C[C@@H]1CCC/C(=N/NC(=O)c2ccccc2Cl)C1. The average molecular weight is 265 g/mol. The topological polar surface area (TPSA) is 41.5 Å². The minimum Gasteiger partial charge on any atom is -0.267 e. The number of benzene rings is 1. The Bertz CT molecular complexity index is 471. The molecule has 0 aliphatic heterocycles. The van der Waals surface area contributed by atoms with Crippen molar-refractivity contribution in [2.24, 2.45) is 11.0 Å². The average Bonchev–Trinajstić information content (AvgIpc) is 2.37. The molecule has 2 rings (SSSR count).